The van der Waals surface area contributed by atoms with Gasteiger partial charge in [-0.05, 0) is 18.1 Å². The lowest BCUT2D eigenvalue weighted by Crippen LogP contribution is -2.21. The van der Waals surface area contributed by atoms with Gasteiger partial charge in [-0.3, -0.25) is 14.9 Å². The minimum absolute atomic E-state index is 0.271. The van der Waals surface area contributed by atoms with Crippen molar-refractivity contribution in [1.29, 1.82) is 0 Å². The van der Waals surface area contributed by atoms with Gasteiger partial charge < -0.3 is 4.74 Å². The minimum Gasteiger partial charge on any atom is -0.462 e. The minimum atomic E-state index is -0.405. The van der Waals surface area contributed by atoms with E-state index < -0.39 is 11.9 Å². The van der Waals surface area contributed by atoms with Crippen LogP contribution in [0.1, 0.15) is 18.1 Å². The Balaban J connectivity index is 1.95. The van der Waals surface area contributed by atoms with Gasteiger partial charge in [0.1, 0.15) is 0 Å². The highest BCUT2D eigenvalue weighted by atomic mass is 16.5. The Bertz CT molecular complexity index is 641. The van der Waals surface area contributed by atoms with Crippen LogP contribution in [0.5, 0.6) is 0 Å². The van der Waals surface area contributed by atoms with Crippen LogP contribution >= 0.6 is 0 Å². The maximum absolute atomic E-state index is 11.5. The van der Waals surface area contributed by atoms with Gasteiger partial charge in [-0.25, -0.2) is 4.79 Å². The standard InChI is InChI=1S/C16H15NO4/c1-10(2)16(20)21-8-7-11-3-5-12(6-4-11)13-9-14(18)17-15(13)19/h3-6,9H,1,7-8H2,2H3,(H,17,18,19). The van der Waals surface area contributed by atoms with Crippen LogP contribution in [0.25, 0.3) is 5.57 Å². The van der Waals surface area contributed by atoms with Gasteiger partial charge in [0.15, 0.2) is 0 Å². The predicted octanol–water partition coefficient (Wildman–Crippen LogP) is 1.39. The van der Waals surface area contributed by atoms with Crippen molar-refractivity contribution < 1.29 is 19.1 Å². The summed E-state index contributed by atoms with van der Waals surface area (Å²) in [6.07, 6.45) is 1.86. The third-order valence-corrected chi connectivity index (χ3v) is 2.99. The van der Waals surface area contributed by atoms with Gasteiger partial charge in [0, 0.05) is 18.1 Å². The summed E-state index contributed by atoms with van der Waals surface area (Å²) in [5.74, 6) is -1.19. The molecule has 5 heteroatoms. The van der Waals surface area contributed by atoms with Crippen molar-refractivity contribution in [3.8, 4) is 0 Å². The highest BCUT2D eigenvalue weighted by Gasteiger charge is 2.21. The summed E-state index contributed by atoms with van der Waals surface area (Å²) in [6.45, 7) is 5.37. The summed E-state index contributed by atoms with van der Waals surface area (Å²) in [4.78, 5) is 33.8. The second-order valence-electron chi connectivity index (χ2n) is 4.74. The van der Waals surface area contributed by atoms with Crippen LogP contribution in [0.4, 0.5) is 0 Å². The fourth-order valence-corrected chi connectivity index (χ4v) is 1.86. The van der Waals surface area contributed by atoms with E-state index in [0.29, 0.717) is 23.1 Å². The van der Waals surface area contributed by atoms with Crippen LogP contribution in [0, 0.1) is 0 Å². The highest BCUT2D eigenvalue weighted by molar-refractivity contribution is 6.33. The van der Waals surface area contributed by atoms with Crippen molar-refractivity contribution in [2.45, 2.75) is 13.3 Å². The summed E-state index contributed by atoms with van der Waals surface area (Å²) in [6, 6.07) is 7.20. The van der Waals surface area contributed by atoms with Crippen LogP contribution in [0.3, 0.4) is 0 Å². The Morgan fingerprint density at radius 2 is 1.90 bits per heavy atom. The van der Waals surface area contributed by atoms with Crippen molar-refractivity contribution in [1.82, 2.24) is 5.32 Å². The zero-order valence-electron chi connectivity index (χ0n) is 11.6. The van der Waals surface area contributed by atoms with Gasteiger partial charge in [0.05, 0.1) is 12.2 Å². The largest absolute Gasteiger partial charge is 0.462 e. The zero-order chi connectivity index (χ0) is 15.4. The average molecular weight is 285 g/mol. The normalized spacial score (nSPS) is 13.7. The molecular weight excluding hydrogens is 270 g/mol. The Kier molecular flexibility index (Phi) is 4.33. The summed E-state index contributed by atoms with van der Waals surface area (Å²) in [7, 11) is 0. The number of rotatable bonds is 5. The molecule has 5 nitrogen and oxygen atoms in total. The lowest BCUT2D eigenvalue weighted by Gasteiger charge is -2.06. The molecule has 1 heterocycles. The van der Waals surface area contributed by atoms with Crippen LogP contribution in [0.2, 0.25) is 0 Å². The number of imide groups is 1. The van der Waals surface area contributed by atoms with Gasteiger partial charge in [0.2, 0.25) is 0 Å². The molecule has 0 aromatic heterocycles. The summed E-state index contributed by atoms with van der Waals surface area (Å²) < 4.78 is 5.01. The fraction of sp³-hybridized carbons (Fsp3) is 0.188. The van der Waals surface area contributed by atoms with Gasteiger partial charge >= 0.3 is 5.97 Å². The number of hydrogen-bond acceptors (Lipinski definition) is 4. The number of amides is 2. The number of esters is 1. The van der Waals surface area contributed by atoms with Crippen molar-refractivity contribution in [3.05, 3.63) is 53.6 Å². The van der Waals surface area contributed by atoms with Crippen LogP contribution in [-0.2, 0) is 25.5 Å². The van der Waals surface area contributed by atoms with E-state index in [9.17, 15) is 14.4 Å². The fourth-order valence-electron chi connectivity index (χ4n) is 1.86. The van der Waals surface area contributed by atoms with E-state index in [1.54, 1.807) is 19.1 Å². The lowest BCUT2D eigenvalue weighted by molar-refractivity contribution is -0.138. The molecule has 0 atom stereocenters. The first-order chi connectivity index (χ1) is 9.97. The molecule has 108 valence electrons. The Labute approximate surface area is 122 Å². The maximum Gasteiger partial charge on any atom is 0.333 e. The average Bonchev–Trinajstić information content (AvgIpc) is 2.78. The van der Waals surface area contributed by atoms with Crippen LogP contribution in [0.15, 0.2) is 42.5 Å². The smallest absolute Gasteiger partial charge is 0.333 e. The van der Waals surface area contributed by atoms with E-state index in [1.807, 2.05) is 12.1 Å². The van der Waals surface area contributed by atoms with Crippen LogP contribution < -0.4 is 5.32 Å². The van der Waals surface area contributed by atoms with E-state index in [-0.39, 0.29) is 12.5 Å². The molecule has 0 spiro atoms. The molecule has 0 saturated carbocycles. The molecular formula is C16H15NO4. The predicted molar refractivity (Wildman–Crippen MR) is 77.0 cm³/mol. The third kappa shape index (κ3) is 3.66. The molecule has 0 unspecified atom stereocenters. The molecule has 0 radical (unpaired) electrons. The lowest BCUT2D eigenvalue weighted by atomic mass is 10.0. The summed E-state index contributed by atoms with van der Waals surface area (Å²) in [5.41, 5.74) is 2.38. The van der Waals surface area contributed by atoms with Crippen LogP contribution in [-0.4, -0.2) is 24.4 Å². The van der Waals surface area contributed by atoms with E-state index in [0.717, 1.165) is 5.56 Å². The first-order valence-electron chi connectivity index (χ1n) is 6.46. The van der Waals surface area contributed by atoms with E-state index in [2.05, 4.69) is 11.9 Å². The zero-order valence-corrected chi connectivity index (χ0v) is 11.6. The van der Waals surface area contributed by atoms with Crippen molar-refractivity contribution in [2.24, 2.45) is 0 Å². The molecule has 2 amide bonds. The number of carbonyl (C=O) groups excluding carboxylic acids is 3. The van der Waals surface area contributed by atoms with Gasteiger partial charge in [0.25, 0.3) is 11.8 Å². The highest BCUT2D eigenvalue weighted by Crippen LogP contribution is 2.18. The molecule has 0 saturated heterocycles. The third-order valence-electron chi connectivity index (χ3n) is 2.99. The Hall–Kier alpha value is -2.69. The van der Waals surface area contributed by atoms with E-state index in [4.69, 9.17) is 4.74 Å². The summed E-state index contributed by atoms with van der Waals surface area (Å²) >= 11 is 0. The first kappa shape index (κ1) is 14.7. The second kappa shape index (κ2) is 6.17. The molecule has 1 N–H and O–H groups in total. The quantitative estimate of drug-likeness (QED) is 0.504. The Morgan fingerprint density at radius 3 is 2.43 bits per heavy atom. The topological polar surface area (TPSA) is 72.5 Å². The van der Waals surface area contributed by atoms with E-state index in [1.165, 1.54) is 6.08 Å². The first-order valence-corrected chi connectivity index (χ1v) is 6.46. The molecule has 0 fully saturated rings. The van der Waals surface area contributed by atoms with Crippen molar-refractivity contribution in [2.75, 3.05) is 6.61 Å². The molecule has 21 heavy (non-hydrogen) atoms. The van der Waals surface area contributed by atoms with Crippen molar-refractivity contribution >= 4 is 23.4 Å². The van der Waals surface area contributed by atoms with E-state index >= 15 is 0 Å². The number of nitrogens with one attached hydrogen (secondary N) is 1. The molecule has 1 aliphatic rings. The number of ether oxygens (including phenoxy) is 1. The molecule has 2 rings (SSSR count). The molecule has 1 aliphatic heterocycles. The van der Waals surface area contributed by atoms with Gasteiger partial charge in [-0.1, -0.05) is 30.8 Å². The molecule has 1 aromatic rings. The number of benzene rings is 1. The van der Waals surface area contributed by atoms with Gasteiger partial charge in [-0.2, -0.15) is 0 Å². The summed E-state index contributed by atoms with van der Waals surface area (Å²) in [5, 5.41) is 2.20. The number of hydrogen-bond donors (Lipinski definition) is 1. The van der Waals surface area contributed by atoms with Gasteiger partial charge in [-0.15, -0.1) is 0 Å². The SMILES string of the molecule is C=C(C)C(=O)OCCc1ccc(C2=CC(=O)NC2=O)cc1. The number of carbonyl (C=O) groups is 3. The monoisotopic (exact) mass is 285 g/mol. The maximum atomic E-state index is 11.5. The Morgan fingerprint density at radius 1 is 1.24 bits per heavy atom. The molecule has 0 aliphatic carbocycles. The molecule has 0 bridgehead atoms. The second-order valence-corrected chi connectivity index (χ2v) is 4.74. The molecule has 1 aromatic carbocycles. The van der Waals surface area contributed by atoms with Crippen molar-refractivity contribution in [3.63, 3.8) is 0 Å².